The van der Waals surface area contributed by atoms with Gasteiger partial charge in [-0.05, 0) is 14.0 Å². The Balaban J connectivity index is 2.38. The molecule has 0 aromatic heterocycles. The van der Waals surface area contributed by atoms with Crippen molar-refractivity contribution in [2.45, 2.75) is 19.1 Å². The first-order chi connectivity index (χ1) is 7.19. The second kappa shape index (κ2) is 6.05. The standard InChI is InChI=1S/C10H19NO4/c1-7(4-13-3)15-10(12)8-5-14-6-9(8)11-2/h7-9,11H,4-6H2,1-3H3. The molecule has 3 unspecified atom stereocenters. The van der Waals surface area contributed by atoms with Crippen LogP contribution in [0.3, 0.4) is 0 Å². The molecule has 1 fully saturated rings. The third-order valence-electron chi connectivity index (χ3n) is 2.47. The minimum Gasteiger partial charge on any atom is -0.460 e. The predicted molar refractivity (Wildman–Crippen MR) is 54.6 cm³/mol. The smallest absolute Gasteiger partial charge is 0.313 e. The molecule has 0 aliphatic carbocycles. The van der Waals surface area contributed by atoms with Gasteiger partial charge in [0.25, 0.3) is 0 Å². The van der Waals surface area contributed by atoms with Gasteiger partial charge in [0.15, 0.2) is 0 Å². The van der Waals surface area contributed by atoms with Crippen LogP contribution in [0.2, 0.25) is 0 Å². The fourth-order valence-electron chi connectivity index (χ4n) is 1.63. The van der Waals surface area contributed by atoms with Crippen LogP contribution in [0.25, 0.3) is 0 Å². The van der Waals surface area contributed by atoms with E-state index in [4.69, 9.17) is 14.2 Å². The van der Waals surface area contributed by atoms with E-state index in [2.05, 4.69) is 5.32 Å². The SMILES string of the molecule is CNC1COCC1C(=O)OC(C)COC. The van der Waals surface area contributed by atoms with Crippen molar-refractivity contribution in [2.75, 3.05) is 34.0 Å². The van der Waals surface area contributed by atoms with Crippen molar-refractivity contribution in [3.63, 3.8) is 0 Å². The molecule has 0 saturated carbocycles. The lowest BCUT2D eigenvalue weighted by molar-refractivity contribution is -0.156. The predicted octanol–water partition coefficient (Wildman–Crippen LogP) is -0.201. The lowest BCUT2D eigenvalue weighted by Gasteiger charge is -2.18. The zero-order valence-electron chi connectivity index (χ0n) is 9.49. The van der Waals surface area contributed by atoms with Crippen molar-refractivity contribution in [1.29, 1.82) is 0 Å². The van der Waals surface area contributed by atoms with E-state index < -0.39 is 0 Å². The van der Waals surface area contributed by atoms with Gasteiger partial charge in [0, 0.05) is 13.2 Å². The molecule has 0 aromatic rings. The van der Waals surface area contributed by atoms with Crippen molar-refractivity contribution in [3.8, 4) is 0 Å². The minimum absolute atomic E-state index is 0.0623. The Morgan fingerprint density at radius 2 is 2.33 bits per heavy atom. The third-order valence-corrected chi connectivity index (χ3v) is 2.47. The molecular weight excluding hydrogens is 198 g/mol. The summed E-state index contributed by atoms with van der Waals surface area (Å²) in [5.74, 6) is -0.411. The Hall–Kier alpha value is -0.650. The van der Waals surface area contributed by atoms with E-state index in [9.17, 15) is 4.79 Å². The van der Waals surface area contributed by atoms with Crippen LogP contribution in [0.15, 0.2) is 0 Å². The van der Waals surface area contributed by atoms with E-state index in [0.29, 0.717) is 19.8 Å². The van der Waals surface area contributed by atoms with Crippen LogP contribution in [0.5, 0.6) is 0 Å². The fraction of sp³-hybridized carbons (Fsp3) is 0.900. The Morgan fingerprint density at radius 3 is 2.93 bits per heavy atom. The zero-order valence-corrected chi connectivity index (χ0v) is 9.49. The highest BCUT2D eigenvalue weighted by Crippen LogP contribution is 2.15. The Bertz CT molecular complexity index is 210. The number of ether oxygens (including phenoxy) is 3. The summed E-state index contributed by atoms with van der Waals surface area (Å²) in [6, 6.07) is 0.0623. The first kappa shape index (κ1) is 12.4. The van der Waals surface area contributed by atoms with Crippen LogP contribution in [0, 0.1) is 5.92 Å². The van der Waals surface area contributed by atoms with Gasteiger partial charge in [0.05, 0.1) is 25.7 Å². The molecule has 1 aliphatic rings. The molecular formula is C10H19NO4. The van der Waals surface area contributed by atoms with Crippen molar-refractivity contribution in [2.24, 2.45) is 5.92 Å². The van der Waals surface area contributed by atoms with E-state index in [0.717, 1.165) is 0 Å². The van der Waals surface area contributed by atoms with Crippen molar-refractivity contribution >= 4 is 5.97 Å². The van der Waals surface area contributed by atoms with Crippen LogP contribution >= 0.6 is 0 Å². The van der Waals surface area contributed by atoms with E-state index in [-0.39, 0.29) is 24.0 Å². The summed E-state index contributed by atoms with van der Waals surface area (Å²) >= 11 is 0. The van der Waals surface area contributed by atoms with Gasteiger partial charge in [0.2, 0.25) is 0 Å². The van der Waals surface area contributed by atoms with Gasteiger partial charge in [-0.15, -0.1) is 0 Å². The number of methoxy groups -OCH3 is 1. The number of hydrogen-bond donors (Lipinski definition) is 1. The summed E-state index contributed by atoms with van der Waals surface area (Å²) in [5, 5.41) is 3.04. The second-order valence-electron chi connectivity index (χ2n) is 3.74. The van der Waals surface area contributed by atoms with Crippen molar-refractivity contribution < 1.29 is 19.0 Å². The largest absolute Gasteiger partial charge is 0.460 e. The second-order valence-corrected chi connectivity index (χ2v) is 3.74. The molecule has 1 aliphatic heterocycles. The lowest BCUT2D eigenvalue weighted by Crippen LogP contribution is -2.39. The maximum absolute atomic E-state index is 11.7. The van der Waals surface area contributed by atoms with E-state index >= 15 is 0 Å². The van der Waals surface area contributed by atoms with E-state index in [1.54, 1.807) is 7.11 Å². The van der Waals surface area contributed by atoms with Crippen molar-refractivity contribution in [3.05, 3.63) is 0 Å². The average Bonchev–Trinajstić information content (AvgIpc) is 2.65. The first-order valence-electron chi connectivity index (χ1n) is 5.13. The Kier molecular flexibility index (Phi) is 5.01. The average molecular weight is 217 g/mol. The van der Waals surface area contributed by atoms with Gasteiger partial charge in [-0.25, -0.2) is 0 Å². The number of rotatable bonds is 5. The molecule has 88 valence electrons. The summed E-state index contributed by atoms with van der Waals surface area (Å²) in [6.45, 7) is 3.23. The molecule has 1 rings (SSSR count). The van der Waals surface area contributed by atoms with Crippen LogP contribution < -0.4 is 5.32 Å². The van der Waals surface area contributed by atoms with Gasteiger partial charge in [-0.1, -0.05) is 0 Å². The fourth-order valence-corrected chi connectivity index (χ4v) is 1.63. The number of carbonyl (C=O) groups is 1. The summed E-state index contributed by atoms with van der Waals surface area (Å²) in [5.41, 5.74) is 0. The number of esters is 1. The summed E-state index contributed by atoms with van der Waals surface area (Å²) in [7, 11) is 3.40. The Morgan fingerprint density at radius 1 is 1.60 bits per heavy atom. The quantitative estimate of drug-likeness (QED) is 0.646. The monoisotopic (exact) mass is 217 g/mol. The Labute approximate surface area is 90.1 Å². The highest BCUT2D eigenvalue weighted by molar-refractivity contribution is 5.74. The third kappa shape index (κ3) is 3.44. The van der Waals surface area contributed by atoms with Crippen LogP contribution in [0.1, 0.15) is 6.92 Å². The maximum Gasteiger partial charge on any atom is 0.313 e. The van der Waals surface area contributed by atoms with Gasteiger partial charge < -0.3 is 19.5 Å². The van der Waals surface area contributed by atoms with Crippen LogP contribution in [-0.4, -0.2) is 52.1 Å². The molecule has 0 amide bonds. The summed E-state index contributed by atoms with van der Waals surface area (Å²) < 4.78 is 15.3. The molecule has 15 heavy (non-hydrogen) atoms. The number of nitrogens with one attached hydrogen (secondary N) is 1. The molecule has 1 N–H and O–H groups in total. The highest BCUT2D eigenvalue weighted by atomic mass is 16.6. The first-order valence-corrected chi connectivity index (χ1v) is 5.13. The number of likely N-dealkylation sites (N-methyl/N-ethyl adjacent to an activating group) is 1. The molecule has 0 radical (unpaired) electrons. The molecule has 0 bridgehead atoms. The molecule has 3 atom stereocenters. The normalized spacial score (nSPS) is 27.7. The maximum atomic E-state index is 11.7. The summed E-state index contributed by atoms with van der Waals surface area (Å²) in [4.78, 5) is 11.7. The molecule has 0 aromatic carbocycles. The molecule has 0 spiro atoms. The van der Waals surface area contributed by atoms with E-state index in [1.165, 1.54) is 0 Å². The lowest BCUT2D eigenvalue weighted by atomic mass is 10.0. The van der Waals surface area contributed by atoms with Crippen molar-refractivity contribution in [1.82, 2.24) is 5.32 Å². The summed E-state index contributed by atoms with van der Waals surface area (Å²) in [6.07, 6.45) is -0.208. The number of carbonyl (C=O) groups excluding carboxylic acids is 1. The zero-order chi connectivity index (χ0) is 11.3. The van der Waals surface area contributed by atoms with Gasteiger partial charge >= 0.3 is 5.97 Å². The minimum atomic E-state index is -0.212. The molecule has 5 heteroatoms. The molecule has 5 nitrogen and oxygen atoms in total. The van der Waals surface area contributed by atoms with Gasteiger partial charge in [-0.2, -0.15) is 0 Å². The van der Waals surface area contributed by atoms with Crippen LogP contribution in [0.4, 0.5) is 0 Å². The van der Waals surface area contributed by atoms with E-state index in [1.807, 2.05) is 14.0 Å². The van der Waals surface area contributed by atoms with Gasteiger partial charge in [0.1, 0.15) is 6.10 Å². The van der Waals surface area contributed by atoms with Gasteiger partial charge in [-0.3, -0.25) is 4.79 Å². The topological polar surface area (TPSA) is 56.8 Å². The molecule has 1 saturated heterocycles. The highest BCUT2D eigenvalue weighted by Gasteiger charge is 2.34. The molecule has 1 heterocycles. The number of hydrogen-bond acceptors (Lipinski definition) is 5. The van der Waals surface area contributed by atoms with Crippen LogP contribution in [-0.2, 0) is 19.0 Å².